The molecule has 1 fully saturated rings. The number of carbonyl (C=O) groups is 2. The lowest BCUT2D eigenvalue weighted by Gasteiger charge is -2.52. The Labute approximate surface area is 149 Å². The summed E-state index contributed by atoms with van der Waals surface area (Å²) in [6.07, 6.45) is 3.64. The zero-order chi connectivity index (χ0) is 18.5. The number of allylic oxidation sites excluding steroid dienone is 2. The molecule has 2 unspecified atom stereocenters. The molecule has 26 heavy (non-hydrogen) atoms. The third kappa shape index (κ3) is 1.92. The van der Waals surface area contributed by atoms with Crippen LogP contribution in [0.25, 0.3) is 5.57 Å². The Balaban J connectivity index is 1.84. The summed E-state index contributed by atoms with van der Waals surface area (Å²) in [5.41, 5.74) is 3.17. The summed E-state index contributed by atoms with van der Waals surface area (Å²) in [6, 6.07) is 8.32. The maximum Gasteiger partial charge on any atom is 0.322 e. The number of amides is 3. The van der Waals surface area contributed by atoms with Crippen molar-refractivity contribution >= 4 is 17.5 Å². The lowest BCUT2D eigenvalue weighted by Crippen LogP contribution is -2.70. The molecule has 3 amide bonds. The molecule has 2 aliphatic carbocycles. The van der Waals surface area contributed by atoms with Gasteiger partial charge in [-0.1, -0.05) is 42.5 Å². The largest absolute Gasteiger partial charge is 0.377 e. The number of nitrogens with two attached hydrogens (primary N) is 1. The Morgan fingerprint density at radius 3 is 2.46 bits per heavy atom. The molecule has 1 saturated heterocycles. The van der Waals surface area contributed by atoms with Crippen LogP contribution in [0, 0.1) is 0 Å². The predicted molar refractivity (Wildman–Crippen MR) is 93.3 cm³/mol. The quantitative estimate of drug-likeness (QED) is 0.598. The summed E-state index contributed by atoms with van der Waals surface area (Å²) in [6.45, 7) is 0.267. The van der Waals surface area contributed by atoms with Gasteiger partial charge in [0.2, 0.25) is 0 Å². The van der Waals surface area contributed by atoms with Gasteiger partial charge >= 0.3 is 6.03 Å². The number of rotatable bonds is 5. The number of halogens is 1. The van der Waals surface area contributed by atoms with Crippen LogP contribution in [0.5, 0.6) is 0 Å². The highest BCUT2D eigenvalue weighted by atomic mass is 19.1. The molecule has 134 valence electrons. The smallest absolute Gasteiger partial charge is 0.322 e. The first-order valence-corrected chi connectivity index (χ1v) is 8.40. The monoisotopic (exact) mass is 355 g/mol. The Kier molecular flexibility index (Phi) is 3.61. The molecule has 0 radical (unpaired) electrons. The SMILES string of the molecule is NCCCC1(C2(O)c3ccc(-c4ccccc4)c2c3F)NC(=O)NC1=O. The molecule has 1 aromatic rings. The molecule has 3 aliphatic rings. The van der Waals surface area contributed by atoms with Crippen LogP contribution in [0.4, 0.5) is 9.18 Å². The summed E-state index contributed by atoms with van der Waals surface area (Å²) in [7, 11) is 0. The van der Waals surface area contributed by atoms with E-state index in [9.17, 15) is 19.1 Å². The fourth-order valence-corrected chi connectivity index (χ4v) is 4.05. The summed E-state index contributed by atoms with van der Waals surface area (Å²) in [5, 5.41) is 16.2. The van der Waals surface area contributed by atoms with Crippen LogP contribution < -0.4 is 16.4 Å². The third-order valence-electron chi connectivity index (χ3n) is 5.29. The number of nitrogens with one attached hydrogen (secondary N) is 2. The Morgan fingerprint density at radius 1 is 1.15 bits per heavy atom. The summed E-state index contributed by atoms with van der Waals surface area (Å²) >= 11 is 0. The second-order valence-corrected chi connectivity index (χ2v) is 6.63. The Morgan fingerprint density at radius 2 is 1.88 bits per heavy atom. The van der Waals surface area contributed by atoms with Gasteiger partial charge in [0.25, 0.3) is 5.91 Å². The van der Waals surface area contributed by atoms with Crippen LogP contribution in [0.1, 0.15) is 18.4 Å². The lowest BCUT2D eigenvalue weighted by atomic mass is 9.56. The second-order valence-electron chi connectivity index (χ2n) is 6.63. The standard InChI is InChI=1S/C19H18FN3O3/c20-15-13-8-7-12(11-5-2-1-3-6-11)14(15)19(13,26)18(9-4-10-21)16(24)22-17(25)23-18/h1-3,5-8,26H,4,9-10,21H2,(H2,22,23,24,25). The molecule has 2 atom stereocenters. The fraction of sp³-hybridized carbons (Fsp3) is 0.263. The number of urea groups is 1. The van der Waals surface area contributed by atoms with Gasteiger partial charge in [-0.2, -0.15) is 0 Å². The van der Waals surface area contributed by atoms with Crippen LogP contribution in [-0.4, -0.2) is 34.7 Å². The first-order chi connectivity index (χ1) is 12.5. The number of aliphatic hydroxyl groups is 1. The van der Waals surface area contributed by atoms with Gasteiger partial charge in [0, 0.05) is 11.1 Å². The maximum absolute atomic E-state index is 14.8. The molecule has 1 heterocycles. The molecule has 6 nitrogen and oxygen atoms in total. The predicted octanol–water partition coefficient (Wildman–Crippen LogP) is 1.30. The molecule has 4 rings (SSSR count). The van der Waals surface area contributed by atoms with Crippen LogP contribution in [0.15, 0.2) is 59.5 Å². The molecule has 7 heteroatoms. The van der Waals surface area contributed by atoms with Crippen molar-refractivity contribution in [3.05, 3.63) is 65.0 Å². The topological polar surface area (TPSA) is 104 Å². The van der Waals surface area contributed by atoms with Gasteiger partial charge < -0.3 is 16.2 Å². The third-order valence-corrected chi connectivity index (χ3v) is 5.29. The van der Waals surface area contributed by atoms with Gasteiger partial charge in [0.05, 0.1) is 0 Å². The average molecular weight is 355 g/mol. The first-order valence-electron chi connectivity index (χ1n) is 8.40. The highest BCUT2D eigenvalue weighted by Gasteiger charge is 2.69. The van der Waals surface area contributed by atoms with Gasteiger partial charge in [-0.25, -0.2) is 9.18 Å². The van der Waals surface area contributed by atoms with E-state index in [1.54, 1.807) is 30.3 Å². The summed E-state index contributed by atoms with van der Waals surface area (Å²) < 4.78 is 14.8. The molecule has 1 aromatic carbocycles. The number of fused-ring (bicyclic) bond motifs is 2. The van der Waals surface area contributed by atoms with Crippen molar-refractivity contribution in [3.8, 4) is 0 Å². The van der Waals surface area contributed by atoms with Crippen LogP contribution in [0.3, 0.4) is 0 Å². The lowest BCUT2D eigenvalue weighted by molar-refractivity contribution is -0.132. The minimum atomic E-state index is -1.94. The molecular weight excluding hydrogens is 337 g/mol. The van der Waals surface area contributed by atoms with Gasteiger partial charge in [-0.3, -0.25) is 10.1 Å². The minimum absolute atomic E-state index is 0.00144. The average Bonchev–Trinajstić information content (AvgIpc) is 2.95. The number of carbonyl (C=O) groups excluding carboxylic acids is 2. The van der Waals surface area contributed by atoms with Crippen molar-refractivity contribution < 1.29 is 19.1 Å². The number of benzene rings is 1. The Hall–Kier alpha value is -2.77. The van der Waals surface area contributed by atoms with E-state index < -0.39 is 28.9 Å². The number of hydrogen-bond acceptors (Lipinski definition) is 4. The molecular formula is C19H18FN3O3. The Bertz CT molecular complexity index is 906. The maximum atomic E-state index is 14.8. The molecule has 0 aromatic heterocycles. The minimum Gasteiger partial charge on any atom is -0.377 e. The fourth-order valence-electron chi connectivity index (χ4n) is 4.05. The van der Waals surface area contributed by atoms with Gasteiger partial charge in [0.1, 0.15) is 5.83 Å². The van der Waals surface area contributed by atoms with Crippen molar-refractivity contribution in [2.75, 3.05) is 6.54 Å². The second kappa shape index (κ2) is 5.62. The number of hydrogen-bond donors (Lipinski definition) is 4. The van der Waals surface area contributed by atoms with Gasteiger partial charge in [-0.05, 0) is 30.5 Å². The van der Waals surface area contributed by atoms with Crippen molar-refractivity contribution in [3.63, 3.8) is 0 Å². The van der Waals surface area contributed by atoms with Gasteiger partial charge in [-0.15, -0.1) is 0 Å². The van der Waals surface area contributed by atoms with Gasteiger partial charge in [0.15, 0.2) is 11.1 Å². The highest BCUT2D eigenvalue weighted by Crippen LogP contribution is 2.59. The van der Waals surface area contributed by atoms with Crippen LogP contribution >= 0.6 is 0 Å². The van der Waals surface area contributed by atoms with E-state index in [0.717, 1.165) is 0 Å². The van der Waals surface area contributed by atoms with Crippen molar-refractivity contribution in [1.82, 2.24) is 10.6 Å². The molecule has 5 N–H and O–H groups in total. The van der Waals surface area contributed by atoms with Crippen molar-refractivity contribution in [2.24, 2.45) is 5.73 Å². The van der Waals surface area contributed by atoms with E-state index in [0.29, 0.717) is 17.6 Å². The van der Waals surface area contributed by atoms with E-state index in [4.69, 9.17) is 5.73 Å². The molecule has 1 aliphatic heterocycles. The van der Waals surface area contributed by atoms with E-state index in [2.05, 4.69) is 10.6 Å². The van der Waals surface area contributed by atoms with Crippen LogP contribution in [0.2, 0.25) is 0 Å². The van der Waals surface area contributed by atoms with Crippen molar-refractivity contribution in [2.45, 2.75) is 24.0 Å². The summed E-state index contributed by atoms with van der Waals surface area (Å²) in [5.74, 6) is -1.24. The molecule has 0 spiro atoms. The van der Waals surface area contributed by atoms with Crippen molar-refractivity contribution in [1.29, 1.82) is 0 Å². The van der Waals surface area contributed by atoms with E-state index in [-0.39, 0.29) is 24.1 Å². The first kappa shape index (κ1) is 16.7. The normalized spacial score (nSPS) is 29.7. The molecule has 2 bridgehead atoms. The van der Waals surface area contributed by atoms with E-state index >= 15 is 0 Å². The number of imide groups is 1. The van der Waals surface area contributed by atoms with Crippen LogP contribution in [-0.2, 0) is 4.79 Å². The van der Waals surface area contributed by atoms with E-state index in [1.165, 1.54) is 6.08 Å². The summed E-state index contributed by atoms with van der Waals surface area (Å²) in [4.78, 5) is 24.5. The highest BCUT2D eigenvalue weighted by molar-refractivity contribution is 6.11. The molecule has 0 saturated carbocycles. The van der Waals surface area contributed by atoms with E-state index in [1.807, 2.05) is 6.07 Å². The zero-order valence-corrected chi connectivity index (χ0v) is 13.9. The zero-order valence-electron chi connectivity index (χ0n) is 13.9.